The number of nitrogens with zero attached hydrogens (tertiary/aromatic N) is 2. The minimum absolute atomic E-state index is 0.0218. The summed E-state index contributed by atoms with van der Waals surface area (Å²) in [5, 5.41) is 20.1. The van der Waals surface area contributed by atoms with Crippen molar-refractivity contribution in [1.82, 2.24) is 0 Å². The molecule has 8 heteroatoms. The zero-order valence-corrected chi connectivity index (χ0v) is 11.8. The zero-order chi connectivity index (χ0) is 15.8. The number of nitro groups is 1. The highest BCUT2D eigenvalue weighted by molar-refractivity contribution is 6.30. The molecule has 110 valence electrons. The fourth-order valence-electron chi connectivity index (χ4n) is 1.40. The number of carbonyl (C=O) groups excluding carboxylic acids is 1. The lowest BCUT2D eigenvalue weighted by molar-refractivity contribution is -0.385. The van der Waals surface area contributed by atoms with Crippen molar-refractivity contribution < 1.29 is 19.2 Å². The lowest BCUT2D eigenvalue weighted by atomic mass is 10.1. The fraction of sp³-hybridized carbons (Fsp3) is 0.231. The van der Waals surface area contributed by atoms with Crippen LogP contribution in [0.4, 0.5) is 5.69 Å². The molecule has 0 aromatic heterocycles. The number of esters is 1. The van der Waals surface area contributed by atoms with Crippen LogP contribution in [-0.4, -0.2) is 31.2 Å². The SMILES string of the molecule is COCCOC(=O)C(C#N)=Cc1cc(Cl)ccc1[N+](=O)[O-]. The van der Waals surface area contributed by atoms with Crippen LogP contribution in [0.2, 0.25) is 5.02 Å². The molecule has 0 saturated carbocycles. The molecule has 0 unspecified atom stereocenters. The van der Waals surface area contributed by atoms with E-state index in [0.717, 1.165) is 6.08 Å². The first-order valence-electron chi connectivity index (χ1n) is 5.71. The number of halogens is 1. The molecule has 0 saturated heterocycles. The van der Waals surface area contributed by atoms with Gasteiger partial charge in [-0.15, -0.1) is 0 Å². The molecule has 0 aliphatic carbocycles. The minimum atomic E-state index is -0.885. The number of nitriles is 1. The van der Waals surface area contributed by atoms with Crippen molar-refractivity contribution in [2.45, 2.75) is 0 Å². The third-order valence-corrected chi connectivity index (χ3v) is 2.58. The Bertz CT molecular complexity index is 621. The highest BCUT2D eigenvalue weighted by Crippen LogP contribution is 2.25. The molecule has 0 amide bonds. The molecule has 0 atom stereocenters. The summed E-state index contributed by atoms with van der Waals surface area (Å²) in [7, 11) is 1.43. The second-order valence-corrected chi connectivity index (χ2v) is 4.20. The van der Waals surface area contributed by atoms with Gasteiger partial charge in [-0.25, -0.2) is 4.79 Å². The van der Waals surface area contributed by atoms with Gasteiger partial charge in [0, 0.05) is 18.2 Å². The predicted molar refractivity (Wildman–Crippen MR) is 74.5 cm³/mol. The van der Waals surface area contributed by atoms with Gasteiger partial charge in [0.1, 0.15) is 18.2 Å². The van der Waals surface area contributed by atoms with Crippen molar-refractivity contribution in [2.24, 2.45) is 0 Å². The Labute approximate surface area is 125 Å². The number of hydrogen-bond donors (Lipinski definition) is 0. The van der Waals surface area contributed by atoms with Crippen LogP contribution in [0.1, 0.15) is 5.56 Å². The molecular formula is C13H11ClN2O5. The van der Waals surface area contributed by atoms with E-state index in [0.29, 0.717) is 0 Å². The van der Waals surface area contributed by atoms with E-state index in [4.69, 9.17) is 26.3 Å². The van der Waals surface area contributed by atoms with Gasteiger partial charge < -0.3 is 9.47 Å². The van der Waals surface area contributed by atoms with Gasteiger partial charge >= 0.3 is 5.97 Å². The van der Waals surface area contributed by atoms with Gasteiger partial charge in [-0.3, -0.25) is 10.1 Å². The summed E-state index contributed by atoms with van der Waals surface area (Å²) >= 11 is 5.76. The number of methoxy groups -OCH3 is 1. The van der Waals surface area contributed by atoms with Gasteiger partial charge in [0.15, 0.2) is 0 Å². The van der Waals surface area contributed by atoms with Crippen molar-refractivity contribution >= 4 is 29.3 Å². The molecule has 1 rings (SSSR count). The van der Waals surface area contributed by atoms with Crippen LogP contribution in [-0.2, 0) is 14.3 Å². The molecule has 0 fully saturated rings. The first-order valence-corrected chi connectivity index (χ1v) is 6.09. The summed E-state index contributed by atoms with van der Waals surface area (Å²) in [5.74, 6) is -0.885. The molecule has 0 aliphatic rings. The molecule has 0 aliphatic heterocycles. The predicted octanol–water partition coefficient (Wildman–Crippen LogP) is 2.34. The molecule has 1 aromatic carbocycles. The molecule has 0 bridgehead atoms. The summed E-state index contributed by atoms with van der Waals surface area (Å²) in [6, 6.07) is 5.48. The molecule has 0 radical (unpaired) electrons. The Morgan fingerprint density at radius 1 is 1.52 bits per heavy atom. The molecule has 0 N–H and O–H groups in total. The van der Waals surface area contributed by atoms with Crippen molar-refractivity contribution in [3.8, 4) is 6.07 Å². The number of hydrogen-bond acceptors (Lipinski definition) is 6. The van der Waals surface area contributed by atoms with Crippen molar-refractivity contribution in [3.63, 3.8) is 0 Å². The van der Waals surface area contributed by atoms with Crippen LogP contribution in [0.15, 0.2) is 23.8 Å². The molecule has 0 heterocycles. The maximum absolute atomic E-state index is 11.6. The highest BCUT2D eigenvalue weighted by atomic mass is 35.5. The quantitative estimate of drug-likeness (QED) is 0.199. The summed E-state index contributed by atoms with van der Waals surface area (Å²) < 4.78 is 9.48. The van der Waals surface area contributed by atoms with E-state index in [2.05, 4.69) is 0 Å². The van der Waals surface area contributed by atoms with Gasteiger partial charge in [-0.05, 0) is 18.2 Å². The van der Waals surface area contributed by atoms with Gasteiger partial charge in [0.2, 0.25) is 0 Å². The monoisotopic (exact) mass is 310 g/mol. The van der Waals surface area contributed by atoms with Crippen molar-refractivity contribution in [1.29, 1.82) is 5.26 Å². The first-order chi connectivity index (χ1) is 9.99. The topological polar surface area (TPSA) is 102 Å². The van der Waals surface area contributed by atoms with E-state index in [-0.39, 0.29) is 35.1 Å². The first kappa shape index (κ1) is 16.6. The van der Waals surface area contributed by atoms with Gasteiger partial charge in [-0.2, -0.15) is 5.26 Å². The second-order valence-electron chi connectivity index (χ2n) is 3.76. The fourth-order valence-corrected chi connectivity index (χ4v) is 1.58. The van der Waals surface area contributed by atoms with E-state index >= 15 is 0 Å². The second kappa shape index (κ2) is 7.99. The lowest BCUT2D eigenvalue weighted by Crippen LogP contribution is -2.11. The highest BCUT2D eigenvalue weighted by Gasteiger charge is 2.16. The molecule has 21 heavy (non-hydrogen) atoms. The number of benzene rings is 1. The lowest BCUT2D eigenvalue weighted by Gasteiger charge is -2.03. The number of rotatable bonds is 6. The summed E-state index contributed by atoms with van der Waals surface area (Å²) in [5.41, 5.74) is -0.582. The van der Waals surface area contributed by atoms with E-state index in [1.165, 1.54) is 25.3 Å². The van der Waals surface area contributed by atoms with Crippen molar-refractivity contribution in [2.75, 3.05) is 20.3 Å². The van der Waals surface area contributed by atoms with Crippen LogP contribution >= 0.6 is 11.6 Å². The Hall–Kier alpha value is -2.43. The average Bonchev–Trinajstić information content (AvgIpc) is 2.44. The van der Waals surface area contributed by atoms with Crippen LogP contribution in [0, 0.1) is 21.4 Å². The third-order valence-electron chi connectivity index (χ3n) is 2.35. The maximum Gasteiger partial charge on any atom is 0.348 e. The third kappa shape index (κ3) is 4.87. The summed E-state index contributed by atoms with van der Waals surface area (Å²) in [6.07, 6.45) is 1.07. The van der Waals surface area contributed by atoms with Crippen molar-refractivity contribution in [3.05, 3.63) is 44.5 Å². The summed E-state index contributed by atoms with van der Waals surface area (Å²) in [6.45, 7) is 0.160. The Morgan fingerprint density at radius 2 is 2.24 bits per heavy atom. The smallest absolute Gasteiger partial charge is 0.348 e. The maximum atomic E-state index is 11.6. The minimum Gasteiger partial charge on any atom is -0.459 e. The van der Waals surface area contributed by atoms with E-state index < -0.39 is 10.9 Å². The van der Waals surface area contributed by atoms with Crippen LogP contribution in [0.3, 0.4) is 0 Å². The molecular weight excluding hydrogens is 300 g/mol. The molecule has 0 spiro atoms. The zero-order valence-electron chi connectivity index (χ0n) is 11.0. The van der Waals surface area contributed by atoms with Gasteiger partial charge in [-0.1, -0.05) is 11.6 Å². The average molecular weight is 311 g/mol. The molecule has 7 nitrogen and oxygen atoms in total. The van der Waals surface area contributed by atoms with Crippen LogP contribution in [0.5, 0.6) is 0 Å². The Kier molecular flexibility index (Phi) is 6.33. The van der Waals surface area contributed by atoms with E-state index in [9.17, 15) is 14.9 Å². The van der Waals surface area contributed by atoms with Gasteiger partial charge in [0.05, 0.1) is 17.1 Å². The van der Waals surface area contributed by atoms with E-state index in [1.54, 1.807) is 6.07 Å². The number of nitro benzene ring substituents is 1. The standard InChI is InChI=1S/C13H11ClN2O5/c1-20-4-5-21-13(17)10(8-15)6-9-7-11(14)2-3-12(9)16(18)19/h2-3,6-7H,4-5H2,1H3. The Morgan fingerprint density at radius 3 is 2.81 bits per heavy atom. The molecule has 1 aromatic rings. The normalized spacial score (nSPS) is 10.8. The Balaban J connectivity index is 3.08. The van der Waals surface area contributed by atoms with Crippen LogP contribution in [0.25, 0.3) is 6.08 Å². The van der Waals surface area contributed by atoms with E-state index in [1.807, 2.05) is 0 Å². The number of ether oxygens (including phenoxy) is 2. The number of carbonyl (C=O) groups is 1. The summed E-state index contributed by atoms with van der Waals surface area (Å²) in [4.78, 5) is 21.9. The van der Waals surface area contributed by atoms with Crippen LogP contribution < -0.4 is 0 Å². The largest absolute Gasteiger partial charge is 0.459 e. The van der Waals surface area contributed by atoms with Gasteiger partial charge in [0.25, 0.3) is 5.69 Å².